The van der Waals surface area contributed by atoms with Gasteiger partial charge in [0, 0.05) is 32.3 Å². The molecular formula is C15H22F3IN6. The number of aromatic nitrogens is 3. The normalized spacial score (nSPS) is 12.1. The van der Waals surface area contributed by atoms with Crippen molar-refractivity contribution in [3.8, 4) is 0 Å². The monoisotopic (exact) mass is 470 g/mol. The molecule has 0 atom stereocenters. The Morgan fingerprint density at radius 2 is 2.04 bits per heavy atom. The van der Waals surface area contributed by atoms with Gasteiger partial charge >= 0.3 is 6.18 Å². The SMILES string of the molecule is CCNC(=NCCCc1nnc2ccccn12)NCCC(F)(F)F.I. The number of fused-ring (bicyclic) bond motifs is 1. The number of hydrogen-bond donors (Lipinski definition) is 2. The lowest BCUT2D eigenvalue weighted by molar-refractivity contribution is -0.132. The molecule has 0 aromatic carbocycles. The maximum atomic E-state index is 12.2. The lowest BCUT2D eigenvalue weighted by Gasteiger charge is -2.12. The molecule has 140 valence electrons. The first-order chi connectivity index (χ1) is 11.5. The highest BCUT2D eigenvalue weighted by molar-refractivity contribution is 14.0. The van der Waals surface area contributed by atoms with Gasteiger partial charge in [-0.3, -0.25) is 9.39 Å². The van der Waals surface area contributed by atoms with Gasteiger partial charge in [0.15, 0.2) is 11.6 Å². The predicted octanol–water partition coefficient (Wildman–Crippen LogP) is 2.79. The van der Waals surface area contributed by atoms with Crippen molar-refractivity contribution in [2.45, 2.75) is 32.4 Å². The minimum absolute atomic E-state index is 0. The number of guanidine groups is 1. The average Bonchev–Trinajstić information content (AvgIpc) is 2.93. The molecular weight excluding hydrogens is 448 g/mol. The number of halogens is 4. The summed E-state index contributed by atoms with van der Waals surface area (Å²) >= 11 is 0. The van der Waals surface area contributed by atoms with Gasteiger partial charge in [-0.15, -0.1) is 34.2 Å². The zero-order valence-corrected chi connectivity index (χ0v) is 16.2. The average molecular weight is 470 g/mol. The number of nitrogens with zero attached hydrogens (tertiary/aromatic N) is 4. The van der Waals surface area contributed by atoms with Crippen LogP contribution < -0.4 is 10.6 Å². The standard InChI is InChI=1S/C15H21F3N6.HI/c1-2-19-14(21-10-8-15(16,17)18)20-9-5-7-13-23-22-12-6-3-4-11-24(12)13;/h3-4,6,11H,2,5,7-10H2,1H3,(H2,19,20,21);1H. The molecule has 0 saturated heterocycles. The molecule has 0 bridgehead atoms. The first kappa shape index (κ1) is 21.5. The van der Waals surface area contributed by atoms with Crippen LogP contribution in [0.2, 0.25) is 0 Å². The Bertz CT molecular complexity index is 671. The molecule has 0 unspecified atom stereocenters. The molecule has 0 aliphatic rings. The van der Waals surface area contributed by atoms with Crippen LogP contribution in [-0.2, 0) is 6.42 Å². The van der Waals surface area contributed by atoms with Crippen molar-refractivity contribution in [2.75, 3.05) is 19.6 Å². The van der Waals surface area contributed by atoms with Crippen LogP contribution in [0.15, 0.2) is 29.4 Å². The summed E-state index contributed by atoms with van der Waals surface area (Å²) in [6, 6.07) is 5.68. The van der Waals surface area contributed by atoms with E-state index in [4.69, 9.17) is 0 Å². The van der Waals surface area contributed by atoms with E-state index in [-0.39, 0.29) is 30.5 Å². The fourth-order valence-corrected chi connectivity index (χ4v) is 2.15. The van der Waals surface area contributed by atoms with Crippen molar-refractivity contribution in [1.29, 1.82) is 0 Å². The summed E-state index contributed by atoms with van der Waals surface area (Å²) in [6.07, 6.45) is -1.74. The van der Waals surface area contributed by atoms with E-state index in [1.54, 1.807) is 0 Å². The molecule has 0 radical (unpaired) electrons. The van der Waals surface area contributed by atoms with Gasteiger partial charge in [0.2, 0.25) is 0 Å². The summed E-state index contributed by atoms with van der Waals surface area (Å²) < 4.78 is 38.4. The van der Waals surface area contributed by atoms with Crippen LogP contribution in [0.4, 0.5) is 13.2 Å². The second kappa shape index (κ2) is 10.4. The van der Waals surface area contributed by atoms with Gasteiger partial charge in [0.25, 0.3) is 0 Å². The summed E-state index contributed by atoms with van der Waals surface area (Å²) in [6.45, 7) is 2.75. The number of pyridine rings is 1. The largest absolute Gasteiger partial charge is 0.390 e. The molecule has 0 fully saturated rings. The summed E-state index contributed by atoms with van der Waals surface area (Å²) in [5.74, 6) is 1.24. The molecule has 2 aromatic rings. The molecule has 25 heavy (non-hydrogen) atoms. The number of alkyl halides is 3. The molecule has 2 rings (SSSR count). The highest BCUT2D eigenvalue weighted by atomic mass is 127. The van der Waals surface area contributed by atoms with Crippen LogP contribution in [0.3, 0.4) is 0 Å². The Morgan fingerprint density at radius 1 is 1.24 bits per heavy atom. The van der Waals surface area contributed by atoms with E-state index in [9.17, 15) is 13.2 Å². The molecule has 10 heteroatoms. The predicted molar refractivity (Wildman–Crippen MR) is 101 cm³/mol. The van der Waals surface area contributed by atoms with Crippen LogP contribution >= 0.6 is 24.0 Å². The van der Waals surface area contributed by atoms with Crippen LogP contribution in [0, 0.1) is 0 Å². The van der Waals surface area contributed by atoms with Crippen molar-refractivity contribution in [3.05, 3.63) is 30.2 Å². The minimum Gasteiger partial charge on any atom is -0.357 e. The first-order valence-electron chi connectivity index (χ1n) is 7.87. The zero-order valence-electron chi connectivity index (χ0n) is 13.9. The highest BCUT2D eigenvalue weighted by Crippen LogP contribution is 2.18. The number of aryl methyl sites for hydroxylation is 1. The molecule has 0 aliphatic heterocycles. The summed E-state index contributed by atoms with van der Waals surface area (Å²) in [5, 5.41) is 13.8. The van der Waals surface area contributed by atoms with E-state index in [0.717, 1.165) is 17.9 Å². The summed E-state index contributed by atoms with van der Waals surface area (Å²) in [5.41, 5.74) is 0.790. The zero-order chi connectivity index (χ0) is 17.4. The molecule has 0 aliphatic carbocycles. The van der Waals surface area contributed by atoms with E-state index in [0.29, 0.717) is 25.5 Å². The number of nitrogens with one attached hydrogen (secondary N) is 2. The first-order valence-corrected chi connectivity index (χ1v) is 7.87. The van der Waals surface area contributed by atoms with Gasteiger partial charge in [-0.05, 0) is 25.5 Å². The third-order valence-electron chi connectivity index (χ3n) is 3.26. The van der Waals surface area contributed by atoms with E-state index in [1.165, 1.54) is 0 Å². The van der Waals surface area contributed by atoms with Crippen LogP contribution in [0.5, 0.6) is 0 Å². The molecule has 2 aromatic heterocycles. The van der Waals surface area contributed by atoms with Crippen molar-refractivity contribution in [1.82, 2.24) is 25.2 Å². The van der Waals surface area contributed by atoms with Gasteiger partial charge in [-0.1, -0.05) is 6.07 Å². The van der Waals surface area contributed by atoms with Crippen molar-refractivity contribution in [3.63, 3.8) is 0 Å². The fourth-order valence-electron chi connectivity index (χ4n) is 2.15. The van der Waals surface area contributed by atoms with Crippen LogP contribution in [-0.4, -0.2) is 46.4 Å². The summed E-state index contributed by atoms with van der Waals surface area (Å²) in [7, 11) is 0. The van der Waals surface area contributed by atoms with Gasteiger partial charge < -0.3 is 10.6 Å². The maximum absolute atomic E-state index is 12.2. The Balaban J connectivity index is 0.00000312. The Labute approximate surface area is 161 Å². The second-order valence-electron chi connectivity index (χ2n) is 5.20. The van der Waals surface area contributed by atoms with E-state index in [2.05, 4.69) is 25.8 Å². The molecule has 2 heterocycles. The third-order valence-corrected chi connectivity index (χ3v) is 3.26. The quantitative estimate of drug-likeness (QED) is 0.283. The van der Waals surface area contributed by atoms with E-state index < -0.39 is 12.6 Å². The van der Waals surface area contributed by atoms with Gasteiger partial charge in [0.05, 0.1) is 6.42 Å². The van der Waals surface area contributed by atoms with Crippen LogP contribution in [0.25, 0.3) is 5.65 Å². The van der Waals surface area contributed by atoms with Crippen molar-refractivity contribution >= 4 is 35.6 Å². The Morgan fingerprint density at radius 3 is 2.76 bits per heavy atom. The van der Waals surface area contributed by atoms with Gasteiger partial charge in [-0.25, -0.2) is 0 Å². The molecule has 0 amide bonds. The van der Waals surface area contributed by atoms with Gasteiger partial charge in [0.1, 0.15) is 5.82 Å². The molecule has 0 saturated carbocycles. The van der Waals surface area contributed by atoms with E-state index in [1.807, 2.05) is 35.7 Å². The fraction of sp³-hybridized carbons (Fsp3) is 0.533. The third kappa shape index (κ3) is 7.45. The molecule has 6 nitrogen and oxygen atoms in total. The number of aliphatic imine (C=N–C) groups is 1. The second-order valence-corrected chi connectivity index (χ2v) is 5.20. The number of rotatable bonds is 7. The van der Waals surface area contributed by atoms with Crippen molar-refractivity contribution in [2.24, 2.45) is 4.99 Å². The molecule has 0 spiro atoms. The summed E-state index contributed by atoms with van der Waals surface area (Å²) in [4.78, 5) is 4.28. The smallest absolute Gasteiger partial charge is 0.357 e. The lowest BCUT2D eigenvalue weighted by atomic mass is 10.3. The number of hydrogen-bond acceptors (Lipinski definition) is 3. The minimum atomic E-state index is -4.17. The lowest BCUT2D eigenvalue weighted by Crippen LogP contribution is -2.39. The Kier molecular flexibility index (Phi) is 8.93. The van der Waals surface area contributed by atoms with Crippen molar-refractivity contribution < 1.29 is 13.2 Å². The highest BCUT2D eigenvalue weighted by Gasteiger charge is 2.26. The van der Waals surface area contributed by atoms with Gasteiger partial charge in [-0.2, -0.15) is 13.2 Å². The van der Waals surface area contributed by atoms with Crippen LogP contribution in [0.1, 0.15) is 25.6 Å². The maximum Gasteiger partial charge on any atom is 0.390 e. The Hall–Kier alpha value is -1.59. The van der Waals surface area contributed by atoms with E-state index >= 15 is 0 Å². The topological polar surface area (TPSA) is 66.6 Å². The molecule has 2 N–H and O–H groups in total.